The van der Waals surface area contributed by atoms with Crippen LogP contribution in [0, 0.1) is 0 Å². The van der Waals surface area contributed by atoms with Gasteiger partial charge in [0.2, 0.25) is 5.91 Å². The van der Waals surface area contributed by atoms with Gasteiger partial charge in [-0.05, 0) is 47.4 Å². The molecule has 6 nitrogen and oxygen atoms in total. The van der Waals surface area contributed by atoms with Crippen molar-refractivity contribution < 1.29 is 19.4 Å². The maximum atomic E-state index is 13.0. The number of unbranched alkanes of at least 4 members (excludes halogenated alkanes) is 12. The van der Waals surface area contributed by atoms with Gasteiger partial charge in [-0.25, -0.2) is 4.98 Å². The first kappa shape index (κ1) is 39.7. The zero-order valence-corrected chi connectivity index (χ0v) is 31.8. The number of thioether (sulfide) groups is 1. The lowest BCUT2D eigenvalue weighted by Gasteiger charge is -2.43. The quantitative estimate of drug-likeness (QED) is 0.0621. The van der Waals surface area contributed by atoms with Crippen molar-refractivity contribution in [3.05, 3.63) is 126 Å². The molecule has 1 amide bonds. The van der Waals surface area contributed by atoms with Crippen molar-refractivity contribution >= 4 is 23.4 Å². The second kappa shape index (κ2) is 22.5. The van der Waals surface area contributed by atoms with Crippen molar-refractivity contribution in [2.45, 2.75) is 133 Å². The van der Waals surface area contributed by atoms with Gasteiger partial charge in [0.05, 0.1) is 23.8 Å². The minimum atomic E-state index is -0.644. The van der Waals surface area contributed by atoms with Gasteiger partial charge < -0.3 is 19.9 Å². The molecule has 5 rings (SSSR count). The number of aliphatic hydroxyl groups excluding tert-OH is 1. The maximum absolute atomic E-state index is 13.0. The summed E-state index contributed by atoms with van der Waals surface area (Å²) in [6, 6.07) is 32.2. The summed E-state index contributed by atoms with van der Waals surface area (Å²) < 4.78 is 13.7. The standard InChI is InChI=1S/C45H58N2O4S/c1-2-3-4-5-6-7-8-9-10-11-12-13-17-25-41(49)47-39-24-20-23-38(32-39)45-50-40(34-52-42-26-18-19-31-46-42)43(36-21-15-14-16-22-36)44(51-45)37-29-27-35(33-48)28-30-37/h14-16,18-24,26-32,40,43-45,48H,2-13,17,25,33-34H2,1H3,(H,47,49)/t40-,43-,44+,45?/m1/s1. The Morgan fingerprint density at radius 1 is 0.712 bits per heavy atom. The molecule has 1 aromatic heterocycles. The number of pyridine rings is 1. The number of ether oxygens (including phenoxy) is 2. The highest BCUT2D eigenvalue weighted by molar-refractivity contribution is 7.99. The number of carbonyl (C=O) groups is 1. The predicted octanol–water partition coefficient (Wildman–Crippen LogP) is 11.7. The summed E-state index contributed by atoms with van der Waals surface area (Å²) >= 11 is 1.67. The first-order valence-corrected chi connectivity index (χ1v) is 20.6. The number of nitrogens with zero attached hydrogens (tertiary/aromatic N) is 1. The Labute approximate surface area is 316 Å². The Morgan fingerprint density at radius 3 is 2.02 bits per heavy atom. The van der Waals surface area contributed by atoms with Crippen LogP contribution in [0.2, 0.25) is 0 Å². The number of rotatable bonds is 22. The SMILES string of the molecule is CCCCCCCCCCCCCCCC(=O)Nc1cccc(C2O[C@H](CSc3ccccn3)[C@@H](c3ccccc3)[C@H](c3ccc(CO)cc3)O2)c1. The van der Waals surface area contributed by atoms with E-state index in [0.29, 0.717) is 12.2 Å². The van der Waals surface area contributed by atoms with Crippen LogP contribution < -0.4 is 5.32 Å². The van der Waals surface area contributed by atoms with E-state index in [0.717, 1.165) is 45.8 Å². The highest BCUT2D eigenvalue weighted by Gasteiger charge is 2.42. The van der Waals surface area contributed by atoms with Gasteiger partial charge in [-0.1, -0.05) is 157 Å². The van der Waals surface area contributed by atoms with Gasteiger partial charge in [0.1, 0.15) is 0 Å². The first-order valence-electron chi connectivity index (χ1n) is 19.6. The number of aliphatic hydroxyl groups is 1. The van der Waals surface area contributed by atoms with E-state index in [1.54, 1.807) is 11.8 Å². The molecule has 4 aromatic rings. The third kappa shape index (κ3) is 12.9. The molecular weight excluding hydrogens is 665 g/mol. The van der Waals surface area contributed by atoms with Crippen LogP contribution >= 0.6 is 11.8 Å². The number of benzene rings is 3. The van der Waals surface area contributed by atoms with Crippen LogP contribution in [0.4, 0.5) is 5.69 Å². The van der Waals surface area contributed by atoms with Gasteiger partial charge in [-0.15, -0.1) is 11.8 Å². The largest absolute Gasteiger partial charge is 0.392 e. The van der Waals surface area contributed by atoms with E-state index in [2.05, 4.69) is 41.5 Å². The van der Waals surface area contributed by atoms with Crippen LogP contribution in [0.25, 0.3) is 0 Å². The van der Waals surface area contributed by atoms with Crippen molar-refractivity contribution in [3.8, 4) is 0 Å². The topological polar surface area (TPSA) is 80.7 Å². The Kier molecular flexibility index (Phi) is 17.2. The predicted molar refractivity (Wildman–Crippen MR) is 213 cm³/mol. The molecular formula is C45H58N2O4S. The molecule has 1 saturated heterocycles. The lowest BCUT2D eigenvalue weighted by atomic mass is 9.84. The summed E-state index contributed by atoms with van der Waals surface area (Å²) in [5.74, 6) is 0.634. The third-order valence-corrected chi connectivity index (χ3v) is 11.0. The minimum absolute atomic E-state index is 0.0130. The Balaban J connectivity index is 1.19. The second-order valence-electron chi connectivity index (χ2n) is 14.0. The zero-order valence-electron chi connectivity index (χ0n) is 31.0. The van der Waals surface area contributed by atoms with Crippen LogP contribution in [-0.4, -0.2) is 27.9 Å². The van der Waals surface area contributed by atoms with Gasteiger partial charge in [-0.3, -0.25) is 4.79 Å². The average Bonchev–Trinajstić information content (AvgIpc) is 3.19. The fraction of sp³-hybridized carbons (Fsp3) is 0.467. The Morgan fingerprint density at radius 2 is 1.37 bits per heavy atom. The average molecular weight is 723 g/mol. The van der Waals surface area contributed by atoms with Crippen molar-refractivity contribution in [1.82, 2.24) is 4.98 Å². The van der Waals surface area contributed by atoms with Crippen LogP contribution in [-0.2, 0) is 20.9 Å². The number of anilines is 1. The van der Waals surface area contributed by atoms with E-state index >= 15 is 0 Å². The molecule has 3 aromatic carbocycles. The summed E-state index contributed by atoms with van der Waals surface area (Å²) in [5, 5.41) is 13.8. The van der Waals surface area contributed by atoms with Gasteiger partial charge in [-0.2, -0.15) is 0 Å². The fourth-order valence-corrected chi connectivity index (χ4v) is 7.97. The van der Waals surface area contributed by atoms with Gasteiger partial charge >= 0.3 is 0 Å². The van der Waals surface area contributed by atoms with Crippen molar-refractivity contribution in [3.63, 3.8) is 0 Å². The highest BCUT2D eigenvalue weighted by atomic mass is 32.2. The van der Waals surface area contributed by atoms with E-state index in [1.807, 2.05) is 79.0 Å². The zero-order chi connectivity index (χ0) is 36.2. The van der Waals surface area contributed by atoms with Crippen molar-refractivity contribution in [1.29, 1.82) is 0 Å². The summed E-state index contributed by atoms with van der Waals surface area (Å²) in [4.78, 5) is 17.5. The highest BCUT2D eigenvalue weighted by Crippen LogP contribution is 2.48. The molecule has 1 aliphatic rings. The Hall–Kier alpha value is -3.49. The van der Waals surface area contributed by atoms with Crippen LogP contribution in [0.15, 0.2) is 108 Å². The molecule has 2 heterocycles. The molecule has 1 fully saturated rings. The van der Waals surface area contributed by atoms with Gasteiger partial charge in [0.15, 0.2) is 6.29 Å². The smallest absolute Gasteiger partial charge is 0.224 e. The normalized spacial score (nSPS) is 18.7. The van der Waals surface area contributed by atoms with E-state index in [4.69, 9.17) is 9.47 Å². The van der Waals surface area contributed by atoms with Crippen LogP contribution in [0.5, 0.6) is 0 Å². The molecule has 7 heteroatoms. The number of nitrogens with one attached hydrogen (secondary N) is 1. The molecule has 1 unspecified atom stereocenters. The molecule has 0 aliphatic carbocycles. The first-order chi connectivity index (χ1) is 25.6. The monoisotopic (exact) mass is 722 g/mol. The summed E-state index contributed by atoms with van der Waals surface area (Å²) in [6.45, 7) is 2.26. The molecule has 278 valence electrons. The lowest BCUT2D eigenvalue weighted by molar-refractivity contribution is -0.255. The number of hydrogen-bond acceptors (Lipinski definition) is 6. The summed E-state index contributed by atoms with van der Waals surface area (Å²) in [7, 11) is 0. The molecule has 1 aliphatic heterocycles. The maximum Gasteiger partial charge on any atom is 0.224 e. The van der Waals surface area contributed by atoms with Crippen molar-refractivity contribution in [2.24, 2.45) is 0 Å². The second-order valence-corrected chi connectivity index (χ2v) is 15.1. The number of aromatic nitrogens is 1. The molecule has 0 saturated carbocycles. The summed E-state index contributed by atoms with van der Waals surface area (Å²) in [5.41, 5.74) is 4.62. The molecule has 52 heavy (non-hydrogen) atoms. The fourth-order valence-electron chi connectivity index (χ4n) is 7.04. The molecule has 0 spiro atoms. The van der Waals surface area contributed by atoms with E-state index in [9.17, 15) is 9.90 Å². The third-order valence-electron chi connectivity index (χ3n) is 9.95. The van der Waals surface area contributed by atoms with Gasteiger partial charge in [0, 0.05) is 35.5 Å². The number of hydrogen-bond donors (Lipinski definition) is 2. The van der Waals surface area contributed by atoms with E-state index in [-0.39, 0.29) is 30.6 Å². The molecule has 0 radical (unpaired) electrons. The van der Waals surface area contributed by atoms with Crippen LogP contribution in [0.1, 0.15) is 137 Å². The van der Waals surface area contributed by atoms with Gasteiger partial charge in [0.25, 0.3) is 0 Å². The van der Waals surface area contributed by atoms with Crippen LogP contribution in [0.3, 0.4) is 0 Å². The number of amides is 1. The van der Waals surface area contributed by atoms with Crippen molar-refractivity contribution in [2.75, 3.05) is 11.1 Å². The van der Waals surface area contributed by atoms with E-state index < -0.39 is 6.29 Å². The molecule has 0 bridgehead atoms. The Bertz CT molecular complexity index is 1570. The summed E-state index contributed by atoms with van der Waals surface area (Å²) in [6.07, 6.45) is 17.9. The molecule has 2 N–H and O–H groups in total. The lowest BCUT2D eigenvalue weighted by Crippen LogP contribution is -2.38. The van der Waals surface area contributed by atoms with E-state index in [1.165, 1.54) is 70.6 Å². The molecule has 4 atom stereocenters. The number of carbonyl (C=O) groups excluding carboxylic acids is 1. The minimum Gasteiger partial charge on any atom is -0.392 e.